The number of aldehydes is 1. The van der Waals surface area contributed by atoms with Crippen molar-refractivity contribution >= 4 is 17.1 Å². The van der Waals surface area contributed by atoms with Crippen molar-refractivity contribution in [3.8, 4) is 5.75 Å². The molecule has 0 radical (unpaired) electrons. The lowest BCUT2D eigenvalue weighted by atomic mass is 10.0. The molecule has 15 heavy (non-hydrogen) atoms. The van der Waals surface area contributed by atoms with E-state index in [1.807, 2.05) is 36.4 Å². The van der Waals surface area contributed by atoms with Crippen LogP contribution in [0.4, 0.5) is 0 Å². The summed E-state index contributed by atoms with van der Waals surface area (Å²) in [6.07, 6.45) is 1.37. The van der Waals surface area contributed by atoms with Gasteiger partial charge in [0.2, 0.25) is 0 Å². The first kappa shape index (κ1) is 9.71. The summed E-state index contributed by atoms with van der Waals surface area (Å²) >= 11 is 0. The minimum atomic E-state index is 0.449. The Balaban J connectivity index is 2.71. The molecule has 0 saturated carbocycles. The summed E-state index contributed by atoms with van der Waals surface area (Å²) < 4.78 is 5.27. The Labute approximate surface area is 88.5 Å². The fourth-order valence-electron chi connectivity index (χ4n) is 1.78. The highest BCUT2D eigenvalue weighted by atomic mass is 16.5. The molecule has 0 spiro atoms. The molecule has 2 rings (SSSR count). The van der Waals surface area contributed by atoms with Gasteiger partial charge in [0.25, 0.3) is 0 Å². The third kappa shape index (κ3) is 1.71. The summed E-state index contributed by atoms with van der Waals surface area (Å²) in [5.41, 5.74) is 1.04. The highest BCUT2D eigenvalue weighted by Crippen LogP contribution is 2.28. The highest BCUT2D eigenvalue weighted by molar-refractivity contribution is 5.92. The molecule has 0 N–H and O–H groups in total. The Kier molecular flexibility index (Phi) is 2.68. The van der Waals surface area contributed by atoms with Crippen molar-refractivity contribution in [3.05, 3.63) is 42.0 Å². The average Bonchev–Trinajstić information content (AvgIpc) is 2.30. The van der Waals surface area contributed by atoms with Gasteiger partial charge < -0.3 is 9.53 Å². The van der Waals surface area contributed by atoms with Crippen LogP contribution in [0.1, 0.15) is 5.56 Å². The van der Waals surface area contributed by atoms with E-state index in [2.05, 4.69) is 0 Å². The van der Waals surface area contributed by atoms with Crippen molar-refractivity contribution in [1.82, 2.24) is 0 Å². The van der Waals surface area contributed by atoms with E-state index >= 15 is 0 Å². The second-order valence-electron chi connectivity index (χ2n) is 3.34. The van der Waals surface area contributed by atoms with E-state index in [4.69, 9.17) is 4.74 Å². The Morgan fingerprint density at radius 2 is 1.87 bits per heavy atom. The van der Waals surface area contributed by atoms with Gasteiger partial charge in [-0.15, -0.1) is 0 Å². The molecule has 0 heterocycles. The smallest absolute Gasteiger partial charge is 0.126 e. The molecule has 0 aliphatic carbocycles. The van der Waals surface area contributed by atoms with Crippen LogP contribution in [-0.2, 0) is 11.2 Å². The number of ether oxygens (including phenoxy) is 1. The molecule has 0 aromatic heterocycles. The lowest BCUT2D eigenvalue weighted by Gasteiger charge is -2.08. The average molecular weight is 200 g/mol. The second kappa shape index (κ2) is 4.13. The van der Waals surface area contributed by atoms with Gasteiger partial charge in [-0.05, 0) is 17.0 Å². The molecule has 0 bridgehead atoms. The zero-order valence-electron chi connectivity index (χ0n) is 8.57. The number of hydrogen-bond acceptors (Lipinski definition) is 2. The lowest BCUT2D eigenvalue weighted by molar-refractivity contribution is -0.107. The monoisotopic (exact) mass is 200 g/mol. The van der Waals surface area contributed by atoms with Crippen molar-refractivity contribution in [2.24, 2.45) is 0 Å². The topological polar surface area (TPSA) is 26.3 Å². The Morgan fingerprint density at radius 1 is 1.13 bits per heavy atom. The number of carbonyl (C=O) groups is 1. The maximum Gasteiger partial charge on any atom is 0.126 e. The van der Waals surface area contributed by atoms with Crippen LogP contribution in [-0.4, -0.2) is 13.4 Å². The molecular weight excluding hydrogens is 188 g/mol. The first-order valence-corrected chi connectivity index (χ1v) is 4.85. The van der Waals surface area contributed by atoms with E-state index in [0.717, 1.165) is 28.4 Å². The van der Waals surface area contributed by atoms with Gasteiger partial charge in [0.1, 0.15) is 12.0 Å². The highest BCUT2D eigenvalue weighted by Gasteiger charge is 2.04. The zero-order chi connectivity index (χ0) is 10.7. The molecule has 0 fully saturated rings. The maximum absolute atomic E-state index is 10.5. The molecule has 2 aromatic rings. The number of rotatable bonds is 3. The number of carbonyl (C=O) groups excluding carboxylic acids is 1. The molecule has 76 valence electrons. The molecule has 0 aliphatic rings. The quantitative estimate of drug-likeness (QED) is 0.712. The van der Waals surface area contributed by atoms with Crippen molar-refractivity contribution in [2.45, 2.75) is 6.42 Å². The number of methoxy groups -OCH3 is 1. The molecular formula is C13H12O2. The summed E-state index contributed by atoms with van der Waals surface area (Å²) in [5.74, 6) is 0.847. The standard InChI is InChI=1S/C13H12O2/c1-15-13-7-6-10(8-9-14)11-4-2-3-5-12(11)13/h2-7,9H,8H2,1H3. The largest absolute Gasteiger partial charge is 0.496 e. The first-order chi connectivity index (χ1) is 7.36. The van der Waals surface area contributed by atoms with Gasteiger partial charge in [-0.25, -0.2) is 0 Å². The number of fused-ring (bicyclic) bond motifs is 1. The first-order valence-electron chi connectivity index (χ1n) is 4.85. The van der Waals surface area contributed by atoms with Crippen molar-refractivity contribution in [2.75, 3.05) is 7.11 Å². The third-order valence-electron chi connectivity index (χ3n) is 2.50. The van der Waals surface area contributed by atoms with E-state index in [0.29, 0.717) is 6.42 Å². The van der Waals surface area contributed by atoms with Crippen LogP contribution in [0.5, 0.6) is 5.75 Å². The molecule has 0 unspecified atom stereocenters. The van der Waals surface area contributed by atoms with Gasteiger partial charge in [-0.2, -0.15) is 0 Å². The van der Waals surface area contributed by atoms with Crippen LogP contribution in [0.25, 0.3) is 10.8 Å². The molecule has 2 aromatic carbocycles. The fraction of sp³-hybridized carbons (Fsp3) is 0.154. The number of hydrogen-bond donors (Lipinski definition) is 0. The van der Waals surface area contributed by atoms with Crippen LogP contribution < -0.4 is 4.74 Å². The Morgan fingerprint density at radius 3 is 2.53 bits per heavy atom. The van der Waals surface area contributed by atoms with Crippen LogP contribution in [0, 0.1) is 0 Å². The van der Waals surface area contributed by atoms with E-state index in [1.165, 1.54) is 0 Å². The number of benzene rings is 2. The maximum atomic E-state index is 10.5. The van der Waals surface area contributed by atoms with E-state index < -0.39 is 0 Å². The van der Waals surface area contributed by atoms with Crippen LogP contribution in [0.15, 0.2) is 36.4 Å². The normalized spacial score (nSPS) is 10.2. The SMILES string of the molecule is COc1ccc(CC=O)c2ccccc12. The summed E-state index contributed by atoms with van der Waals surface area (Å²) in [6.45, 7) is 0. The predicted molar refractivity (Wildman–Crippen MR) is 60.3 cm³/mol. The van der Waals surface area contributed by atoms with E-state index in [-0.39, 0.29) is 0 Å². The van der Waals surface area contributed by atoms with Crippen molar-refractivity contribution < 1.29 is 9.53 Å². The van der Waals surface area contributed by atoms with Crippen LogP contribution in [0.2, 0.25) is 0 Å². The second-order valence-corrected chi connectivity index (χ2v) is 3.34. The van der Waals surface area contributed by atoms with Crippen molar-refractivity contribution in [3.63, 3.8) is 0 Å². The predicted octanol–water partition coefficient (Wildman–Crippen LogP) is 2.59. The molecule has 0 atom stereocenters. The summed E-state index contributed by atoms with van der Waals surface area (Å²) in [7, 11) is 1.65. The Bertz CT molecular complexity index is 489. The fourth-order valence-corrected chi connectivity index (χ4v) is 1.78. The van der Waals surface area contributed by atoms with Gasteiger partial charge in [-0.1, -0.05) is 30.3 Å². The molecule has 0 amide bonds. The van der Waals surface area contributed by atoms with E-state index in [9.17, 15) is 4.79 Å². The van der Waals surface area contributed by atoms with Crippen molar-refractivity contribution in [1.29, 1.82) is 0 Å². The molecule has 2 heteroatoms. The molecule has 0 aliphatic heterocycles. The third-order valence-corrected chi connectivity index (χ3v) is 2.50. The summed E-state index contributed by atoms with van der Waals surface area (Å²) in [5, 5.41) is 2.14. The molecule has 2 nitrogen and oxygen atoms in total. The summed E-state index contributed by atoms with van der Waals surface area (Å²) in [6, 6.07) is 11.8. The Hall–Kier alpha value is -1.83. The molecule has 0 saturated heterocycles. The van der Waals surface area contributed by atoms with Gasteiger partial charge in [0.05, 0.1) is 7.11 Å². The van der Waals surface area contributed by atoms with Gasteiger partial charge >= 0.3 is 0 Å². The zero-order valence-corrected chi connectivity index (χ0v) is 8.57. The minimum Gasteiger partial charge on any atom is -0.496 e. The van der Waals surface area contributed by atoms with Crippen LogP contribution in [0.3, 0.4) is 0 Å². The van der Waals surface area contributed by atoms with E-state index in [1.54, 1.807) is 7.11 Å². The minimum absolute atomic E-state index is 0.449. The lowest BCUT2D eigenvalue weighted by Crippen LogP contribution is -1.91. The van der Waals surface area contributed by atoms with Gasteiger partial charge in [0, 0.05) is 11.8 Å². The van der Waals surface area contributed by atoms with Crippen LogP contribution >= 0.6 is 0 Å². The van der Waals surface area contributed by atoms with Gasteiger partial charge in [0.15, 0.2) is 0 Å². The van der Waals surface area contributed by atoms with Gasteiger partial charge in [-0.3, -0.25) is 0 Å². The summed E-state index contributed by atoms with van der Waals surface area (Å²) in [4.78, 5) is 10.5.